The molecular weight excluding hydrogens is 290 g/mol. The number of hydrogen-bond acceptors (Lipinski definition) is 4. The number of rotatable bonds is 5. The molecule has 0 aliphatic heterocycles. The van der Waals surface area contributed by atoms with Gasteiger partial charge in [-0.2, -0.15) is 0 Å². The number of benzene rings is 1. The molecule has 0 radical (unpaired) electrons. The fourth-order valence-corrected chi connectivity index (χ4v) is 2.78. The minimum absolute atomic E-state index is 0.145. The summed E-state index contributed by atoms with van der Waals surface area (Å²) < 4.78 is 0. The van der Waals surface area contributed by atoms with Crippen LogP contribution in [0.3, 0.4) is 0 Å². The summed E-state index contributed by atoms with van der Waals surface area (Å²) in [4.78, 5) is 9.76. The molecule has 2 aromatic rings. The molecule has 0 bridgehead atoms. The Bertz CT molecular complexity index is 572. The Kier molecular flexibility index (Phi) is 5.40. The van der Waals surface area contributed by atoms with E-state index in [0.29, 0.717) is 0 Å². The number of nitrogens with two attached hydrogens (primary N) is 1. The fraction of sp³-hybridized carbons (Fsp3) is 0.333. The van der Waals surface area contributed by atoms with Crippen molar-refractivity contribution in [2.24, 2.45) is 5.73 Å². The van der Waals surface area contributed by atoms with Crippen molar-refractivity contribution in [1.82, 2.24) is 9.97 Å². The molecule has 106 valence electrons. The molecule has 0 aliphatic rings. The Morgan fingerprint density at radius 3 is 2.65 bits per heavy atom. The molecule has 1 aromatic carbocycles. The number of aryl methyl sites for hydroxylation is 1. The van der Waals surface area contributed by atoms with Crippen molar-refractivity contribution in [2.75, 3.05) is 0 Å². The average molecular weight is 308 g/mol. The summed E-state index contributed by atoms with van der Waals surface area (Å²) in [6, 6.07) is 6.02. The zero-order valence-corrected chi connectivity index (χ0v) is 13.2. The zero-order chi connectivity index (χ0) is 14.5. The smallest absolute Gasteiger partial charge is 0.192 e. The molecule has 5 heteroatoms. The first-order valence-electron chi connectivity index (χ1n) is 6.59. The second-order valence-corrected chi connectivity index (χ2v) is 6.22. The minimum Gasteiger partial charge on any atom is -0.327 e. The highest BCUT2D eigenvalue weighted by Gasteiger charge is 2.10. The third kappa shape index (κ3) is 4.20. The molecule has 0 amide bonds. The van der Waals surface area contributed by atoms with Crippen LogP contribution in [-0.4, -0.2) is 16.0 Å². The van der Waals surface area contributed by atoms with Gasteiger partial charge in [0.25, 0.3) is 0 Å². The highest BCUT2D eigenvalue weighted by atomic mass is 35.5. The second-order valence-electron chi connectivity index (χ2n) is 4.77. The van der Waals surface area contributed by atoms with Crippen LogP contribution >= 0.6 is 23.4 Å². The molecule has 0 fully saturated rings. The molecule has 3 nitrogen and oxygen atoms in total. The van der Waals surface area contributed by atoms with Crippen LogP contribution in [0.1, 0.15) is 24.5 Å². The number of nitrogens with zero attached hydrogens (tertiary/aromatic N) is 2. The quantitative estimate of drug-likeness (QED) is 0.852. The highest BCUT2D eigenvalue weighted by Crippen LogP contribution is 2.30. The van der Waals surface area contributed by atoms with E-state index < -0.39 is 0 Å². The Labute approximate surface area is 129 Å². The van der Waals surface area contributed by atoms with Gasteiger partial charge in [-0.15, -0.1) is 0 Å². The maximum absolute atomic E-state index is 6.09. The predicted octanol–water partition coefficient (Wildman–Crippen LogP) is 3.87. The standard InChI is InChI=1S/C15H18ClN3S/c1-3-13(17)7-11-6-12(16)4-5-14(11)20-15-18-8-10(2)9-19-15/h4-6,8-9,13H,3,7,17H2,1-2H3. The second kappa shape index (κ2) is 7.07. The van der Waals surface area contributed by atoms with Gasteiger partial charge in [-0.25, -0.2) is 9.97 Å². The lowest BCUT2D eigenvalue weighted by atomic mass is 10.0. The van der Waals surface area contributed by atoms with Crippen LogP contribution in [0.5, 0.6) is 0 Å². The molecule has 2 rings (SSSR count). The lowest BCUT2D eigenvalue weighted by molar-refractivity contribution is 0.641. The van der Waals surface area contributed by atoms with Gasteiger partial charge in [-0.05, 0) is 60.9 Å². The van der Waals surface area contributed by atoms with Crippen LogP contribution in [-0.2, 0) is 6.42 Å². The van der Waals surface area contributed by atoms with Crippen LogP contribution in [0.15, 0.2) is 40.6 Å². The van der Waals surface area contributed by atoms with Crippen molar-refractivity contribution >= 4 is 23.4 Å². The summed E-state index contributed by atoms with van der Waals surface area (Å²) >= 11 is 7.63. The Balaban J connectivity index is 2.23. The van der Waals surface area contributed by atoms with Crippen molar-refractivity contribution in [3.63, 3.8) is 0 Å². The van der Waals surface area contributed by atoms with Gasteiger partial charge < -0.3 is 5.73 Å². The van der Waals surface area contributed by atoms with Crippen molar-refractivity contribution in [2.45, 2.75) is 42.8 Å². The van der Waals surface area contributed by atoms with Crippen LogP contribution < -0.4 is 5.73 Å². The van der Waals surface area contributed by atoms with E-state index in [1.807, 2.05) is 37.5 Å². The van der Waals surface area contributed by atoms with Crippen LogP contribution in [0.25, 0.3) is 0 Å². The van der Waals surface area contributed by atoms with Gasteiger partial charge in [-0.3, -0.25) is 0 Å². The lowest BCUT2D eigenvalue weighted by Gasteiger charge is -2.13. The van der Waals surface area contributed by atoms with Crippen molar-refractivity contribution in [3.05, 3.63) is 46.7 Å². The summed E-state index contributed by atoms with van der Waals surface area (Å²) in [5.41, 5.74) is 8.26. The van der Waals surface area contributed by atoms with Crippen molar-refractivity contribution in [1.29, 1.82) is 0 Å². The maximum Gasteiger partial charge on any atom is 0.192 e. The molecule has 1 unspecified atom stereocenters. The van der Waals surface area contributed by atoms with E-state index in [4.69, 9.17) is 17.3 Å². The molecule has 0 aliphatic carbocycles. The van der Waals surface area contributed by atoms with E-state index in [1.54, 1.807) is 11.8 Å². The largest absolute Gasteiger partial charge is 0.327 e. The minimum atomic E-state index is 0.145. The molecule has 0 spiro atoms. The fourth-order valence-electron chi connectivity index (χ4n) is 1.77. The van der Waals surface area contributed by atoms with Crippen molar-refractivity contribution < 1.29 is 0 Å². The van der Waals surface area contributed by atoms with E-state index in [1.165, 1.54) is 0 Å². The molecular formula is C15H18ClN3S. The van der Waals surface area contributed by atoms with Crippen LogP contribution in [0.4, 0.5) is 0 Å². The van der Waals surface area contributed by atoms with Gasteiger partial charge in [0.1, 0.15) is 0 Å². The molecule has 0 saturated heterocycles. The maximum atomic E-state index is 6.09. The van der Waals surface area contributed by atoms with E-state index >= 15 is 0 Å². The van der Waals surface area contributed by atoms with E-state index in [0.717, 1.165) is 39.0 Å². The first kappa shape index (κ1) is 15.3. The van der Waals surface area contributed by atoms with Gasteiger partial charge >= 0.3 is 0 Å². The molecule has 2 N–H and O–H groups in total. The molecule has 1 heterocycles. The predicted molar refractivity (Wildman–Crippen MR) is 84.3 cm³/mol. The SMILES string of the molecule is CCC(N)Cc1cc(Cl)ccc1Sc1ncc(C)cn1. The summed E-state index contributed by atoms with van der Waals surface area (Å²) in [6.07, 6.45) is 5.40. The zero-order valence-electron chi connectivity index (χ0n) is 11.6. The topological polar surface area (TPSA) is 51.8 Å². The van der Waals surface area contributed by atoms with Crippen LogP contribution in [0, 0.1) is 6.92 Å². The Morgan fingerprint density at radius 2 is 2.00 bits per heavy atom. The average Bonchev–Trinajstić information content (AvgIpc) is 2.44. The Hall–Kier alpha value is -1.10. The van der Waals surface area contributed by atoms with Gasteiger partial charge in [-0.1, -0.05) is 18.5 Å². The van der Waals surface area contributed by atoms with Gasteiger partial charge in [0.05, 0.1) is 0 Å². The molecule has 1 atom stereocenters. The molecule has 20 heavy (non-hydrogen) atoms. The highest BCUT2D eigenvalue weighted by molar-refractivity contribution is 7.99. The molecule has 1 aromatic heterocycles. The first-order valence-corrected chi connectivity index (χ1v) is 7.78. The number of aromatic nitrogens is 2. The number of hydrogen-bond donors (Lipinski definition) is 1. The van der Waals surface area contributed by atoms with E-state index in [9.17, 15) is 0 Å². The summed E-state index contributed by atoms with van der Waals surface area (Å²) in [6.45, 7) is 4.06. The summed E-state index contributed by atoms with van der Waals surface area (Å²) in [5, 5.41) is 1.47. The lowest BCUT2D eigenvalue weighted by Crippen LogP contribution is -2.21. The summed E-state index contributed by atoms with van der Waals surface area (Å²) in [5.74, 6) is 0. The monoisotopic (exact) mass is 307 g/mol. The van der Waals surface area contributed by atoms with Gasteiger partial charge in [0.15, 0.2) is 5.16 Å². The first-order chi connectivity index (χ1) is 9.58. The third-order valence-electron chi connectivity index (χ3n) is 2.99. The van der Waals surface area contributed by atoms with Crippen LogP contribution in [0.2, 0.25) is 5.02 Å². The summed E-state index contributed by atoms with van der Waals surface area (Å²) in [7, 11) is 0. The Morgan fingerprint density at radius 1 is 1.30 bits per heavy atom. The van der Waals surface area contributed by atoms with E-state index in [2.05, 4.69) is 16.9 Å². The van der Waals surface area contributed by atoms with Crippen molar-refractivity contribution in [3.8, 4) is 0 Å². The normalized spacial score (nSPS) is 12.4. The van der Waals surface area contributed by atoms with Gasteiger partial charge in [0, 0.05) is 28.4 Å². The van der Waals surface area contributed by atoms with E-state index in [-0.39, 0.29) is 6.04 Å². The molecule has 0 saturated carbocycles. The number of halogens is 1. The third-order valence-corrected chi connectivity index (χ3v) is 4.23. The van der Waals surface area contributed by atoms with Gasteiger partial charge in [0.2, 0.25) is 0 Å².